The third-order valence-electron chi connectivity index (χ3n) is 6.05. The van der Waals surface area contributed by atoms with Gasteiger partial charge in [-0.25, -0.2) is 4.98 Å². The highest BCUT2D eigenvalue weighted by Gasteiger charge is 2.50. The van der Waals surface area contributed by atoms with Gasteiger partial charge in [-0.2, -0.15) is 14.4 Å². The highest BCUT2D eigenvalue weighted by Crippen LogP contribution is 2.59. The van der Waals surface area contributed by atoms with Crippen LogP contribution in [0.25, 0.3) is 11.2 Å². The summed E-state index contributed by atoms with van der Waals surface area (Å²) in [7, 11) is 0. The molecule has 0 saturated heterocycles. The van der Waals surface area contributed by atoms with Crippen LogP contribution in [0.15, 0.2) is 6.33 Å². The lowest BCUT2D eigenvalue weighted by Crippen LogP contribution is -2.49. The number of hydrogen-bond acceptors (Lipinski definition) is 4. The Morgan fingerprint density at radius 1 is 1.14 bits per heavy atom. The second kappa shape index (κ2) is 4.40. The first-order valence-electron chi connectivity index (χ1n) is 8.30. The van der Waals surface area contributed by atoms with E-state index in [0.717, 1.165) is 24.3 Å². The summed E-state index contributed by atoms with van der Waals surface area (Å²) in [6.45, 7) is 0.884. The highest BCUT2D eigenvalue weighted by atomic mass is 19.1. The van der Waals surface area contributed by atoms with Gasteiger partial charge in [-0.05, 0) is 61.7 Å². The van der Waals surface area contributed by atoms with Crippen LogP contribution in [-0.2, 0) is 0 Å². The molecule has 0 amide bonds. The SMILES string of the molecule is Fc1nc(NCC23CC4CC(CC(C4)C2)C3)c2nc[nH]c2n1. The maximum Gasteiger partial charge on any atom is 0.312 e. The Morgan fingerprint density at radius 3 is 2.50 bits per heavy atom. The van der Waals surface area contributed by atoms with Gasteiger partial charge in [0.05, 0.1) is 6.33 Å². The molecule has 4 fully saturated rings. The van der Waals surface area contributed by atoms with Crippen molar-refractivity contribution < 1.29 is 4.39 Å². The second-order valence-corrected chi connectivity index (χ2v) is 7.71. The monoisotopic (exact) mass is 301 g/mol. The smallest absolute Gasteiger partial charge is 0.312 e. The largest absolute Gasteiger partial charge is 0.367 e. The number of rotatable bonds is 3. The van der Waals surface area contributed by atoms with Crippen LogP contribution < -0.4 is 5.32 Å². The average Bonchev–Trinajstić information content (AvgIpc) is 2.91. The first kappa shape index (κ1) is 12.8. The summed E-state index contributed by atoms with van der Waals surface area (Å²) in [5.41, 5.74) is 1.48. The fraction of sp³-hybridized carbons (Fsp3) is 0.688. The lowest BCUT2D eigenvalue weighted by atomic mass is 9.49. The molecule has 0 atom stereocenters. The Hall–Kier alpha value is -1.72. The van der Waals surface area contributed by atoms with Gasteiger partial charge in [-0.3, -0.25) is 0 Å². The van der Waals surface area contributed by atoms with Gasteiger partial charge >= 0.3 is 6.08 Å². The van der Waals surface area contributed by atoms with Crippen molar-refractivity contribution >= 4 is 17.0 Å². The van der Waals surface area contributed by atoms with E-state index in [4.69, 9.17) is 0 Å². The van der Waals surface area contributed by atoms with Crippen LogP contribution in [0.4, 0.5) is 10.2 Å². The Balaban J connectivity index is 1.41. The Morgan fingerprint density at radius 2 is 1.82 bits per heavy atom. The molecule has 4 aliphatic rings. The van der Waals surface area contributed by atoms with Crippen LogP contribution in [0, 0.1) is 29.2 Å². The van der Waals surface area contributed by atoms with Gasteiger partial charge in [0.25, 0.3) is 0 Å². The van der Waals surface area contributed by atoms with E-state index < -0.39 is 6.08 Å². The van der Waals surface area contributed by atoms with E-state index in [0.29, 0.717) is 22.4 Å². The predicted octanol–water partition coefficient (Wildman–Crippen LogP) is 3.12. The highest BCUT2D eigenvalue weighted by molar-refractivity contribution is 5.81. The van der Waals surface area contributed by atoms with E-state index in [1.165, 1.54) is 44.9 Å². The van der Waals surface area contributed by atoms with E-state index in [9.17, 15) is 4.39 Å². The number of imidazole rings is 1. The zero-order chi connectivity index (χ0) is 14.7. The third-order valence-corrected chi connectivity index (χ3v) is 6.05. The van der Waals surface area contributed by atoms with Crippen molar-refractivity contribution in [1.29, 1.82) is 0 Å². The summed E-state index contributed by atoms with van der Waals surface area (Å²) >= 11 is 0. The summed E-state index contributed by atoms with van der Waals surface area (Å²) < 4.78 is 13.5. The van der Waals surface area contributed by atoms with Gasteiger partial charge in [0.15, 0.2) is 11.5 Å². The number of H-pyrrole nitrogens is 1. The molecule has 22 heavy (non-hydrogen) atoms. The Bertz CT molecular complexity index is 689. The number of aromatic amines is 1. The lowest BCUT2D eigenvalue weighted by molar-refractivity contribution is -0.0444. The van der Waals surface area contributed by atoms with E-state index in [1.807, 2.05) is 0 Å². The minimum absolute atomic E-state index is 0.388. The maximum atomic E-state index is 13.5. The third kappa shape index (κ3) is 1.92. The number of nitrogens with zero attached hydrogens (tertiary/aromatic N) is 3. The summed E-state index contributed by atoms with van der Waals surface area (Å²) in [5.74, 6) is 3.28. The molecular formula is C16H20FN5. The average molecular weight is 301 g/mol. The van der Waals surface area contributed by atoms with Crippen molar-refractivity contribution in [2.45, 2.75) is 38.5 Å². The van der Waals surface area contributed by atoms with E-state index in [1.54, 1.807) is 0 Å². The number of halogens is 1. The van der Waals surface area contributed by atoms with E-state index >= 15 is 0 Å². The van der Waals surface area contributed by atoms with Gasteiger partial charge < -0.3 is 10.3 Å². The molecule has 4 bridgehead atoms. The topological polar surface area (TPSA) is 66.5 Å². The molecular weight excluding hydrogens is 281 g/mol. The molecule has 0 spiro atoms. The fourth-order valence-corrected chi connectivity index (χ4v) is 5.71. The quantitative estimate of drug-likeness (QED) is 0.855. The molecule has 2 N–H and O–H groups in total. The van der Waals surface area contributed by atoms with Gasteiger partial charge in [-0.15, -0.1) is 0 Å². The van der Waals surface area contributed by atoms with E-state index in [-0.39, 0.29) is 0 Å². The Labute approximate surface area is 128 Å². The number of anilines is 1. The molecule has 0 aromatic carbocycles. The zero-order valence-corrected chi connectivity index (χ0v) is 12.5. The van der Waals surface area contributed by atoms with Crippen LogP contribution in [0.5, 0.6) is 0 Å². The number of fused-ring (bicyclic) bond motifs is 1. The maximum absolute atomic E-state index is 13.5. The summed E-state index contributed by atoms with van der Waals surface area (Å²) in [6.07, 6.45) is 9.11. The number of hydrogen-bond donors (Lipinski definition) is 2. The van der Waals surface area contributed by atoms with Gasteiger partial charge in [0, 0.05) is 6.54 Å². The molecule has 2 aromatic rings. The van der Waals surface area contributed by atoms with Crippen molar-refractivity contribution in [1.82, 2.24) is 19.9 Å². The van der Waals surface area contributed by atoms with E-state index in [2.05, 4.69) is 25.3 Å². The molecule has 0 unspecified atom stereocenters. The minimum atomic E-state index is -0.704. The molecule has 2 heterocycles. The normalized spacial score (nSPS) is 36.1. The second-order valence-electron chi connectivity index (χ2n) is 7.71. The predicted molar refractivity (Wildman–Crippen MR) is 80.7 cm³/mol. The Kier molecular flexibility index (Phi) is 2.56. The van der Waals surface area contributed by atoms with Crippen LogP contribution in [0.3, 0.4) is 0 Å². The van der Waals surface area contributed by atoms with Gasteiger partial charge in [-0.1, -0.05) is 0 Å². The molecule has 5 nitrogen and oxygen atoms in total. The fourth-order valence-electron chi connectivity index (χ4n) is 5.71. The molecule has 0 aliphatic heterocycles. The van der Waals surface area contributed by atoms with Crippen molar-refractivity contribution in [3.05, 3.63) is 12.4 Å². The van der Waals surface area contributed by atoms with Gasteiger partial charge in [0.2, 0.25) is 0 Å². The summed E-state index contributed by atoms with van der Waals surface area (Å²) in [6, 6.07) is 0. The van der Waals surface area contributed by atoms with Crippen molar-refractivity contribution in [2.24, 2.45) is 23.2 Å². The lowest BCUT2D eigenvalue weighted by Gasteiger charge is -2.57. The molecule has 0 radical (unpaired) electrons. The molecule has 116 valence electrons. The standard InChI is InChI=1S/C16H20FN5/c17-15-21-13(12-14(22-15)20-8-19-12)18-7-16-4-9-1-10(5-16)3-11(2-9)6-16/h8-11H,1-7H2,(H2,18,19,20,21,22). The van der Waals surface area contributed by atoms with Crippen LogP contribution >= 0.6 is 0 Å². The number of aromatic nitrogens is 4. The van der Waals surface area contributed by atoms with Crippen LogP contribution in [0.2, 0.25) is 0 Å². The molecule has 2 aromatic heterocycles. The molecule has 6 heteroatoms. The first-order valence-corrected chi connectivity index (χ1v) is 8.30. The number of nitrogens with one attached hydrogen (secondary N) is 2. The molecule has 4 saturated carbocycles. The van der Waals surface area contributed by atoms with Crippen molar-refractivity contribution in [3.8, 4) is 0 Å². The van der Waals surface area contributed by atoms with Crippen molar-refractivity contribution in [3.63, 3.8) is 0 Å². The minimum Gasteiger partial charge on any atom is -0.367 e. The van der Waals surface area contributed by atoms with Crippen molar-refractivity contribution in [2.75, 3.05) is 11.9 Å². The van der Waals surface area contributed by atoms with Crippen LogP contribution in [-0.4, -0.2) is 26.5 Å². The summed E-state index contributed by atoms with van der Waals surface area (Å²) in [5, 5.41) is 3.40. The summed E-state index contributed by atoms with van der Waals surface area (Å²) in [4.78, 5) is 14.7. The first-order chi connectivity index (χ1) is 10.7. The molecule has 4 aliphatic carbocycles. The zero-order valence-electron chi connectivity index (χ0n) is 12.5. The van der Waals surface area contributed by atoms with Gasteiger partial charge in [0.1, 0.15) is 5.52 Å². The van der Waals surface area contributed by atoms with Crippen LogP contribution in [0.1, 0.15) is 38.5 Å². The molecule has 6 rings (SSSR count).